The van der Waals surface area contributed by atoms with Crippen LogP contribution in [0.1, 0.15) is 18.2 Å². The SMILES string of the molecule is C[C@H]1Cc2nocc2CN1. The molecule has 10 heavy (non-hydrogen) atoms. The zero-order chi connectivity index (χ0) is 6.97. The first-order valence-electron chi connectivity index (χ1n) is 3.52. The van der Waals surface area contributed by atoms with Crippen molar-refractivity contribution in [1.29, 1.82) is 0 Å². The summed E-state index contributed by atoms with van der Waals surface area (Å²) in [5.41, 5.74) is 2.32. The van der Waals surface area contributed by atoms with Crippen LogP contribution in [0.3, 0.4) is 0 Å². The van der Waals surface area contributed by atoms with Gasteiger partial charge in [-0.2, -0.15) is 0 Å². The topological polar surface area (TPSA) is 38.1 Å². The van der Waals surface area contributed by atoms with Gasteiger partial charge in [-0.3, -0.25) is 0 Å². The normalized spacial score (nSPS) is 24.3. The highest BCUT2D eigenvalue weighted by Gasteiger charge is 2.16. The standard InChI is InChI=1S/C7H10N2O/c1-5-2-7-6(3-8-5)4-10-9-7/h4-5,8H,2-3H2,1H3/t5-/m0/s1. The summed E-state index contributed by atoms with van der Waals surface area (Å²) in [6.45, 7) is 3.05. The third-order valence-electron chi connectivity index (χ3n) is 1.87. The van der Waals surface area contributed by atoms with E-state index in [1.165, 1.54) is 5.56 Å². The number of aromatic nitrogens is 1. The summed E-state index contributed by atoms with van der Waals surface area (Å²) in [5.74, 6) is 0. The van der Waals surface area contributed by atoms with Gasteiger partial charge in [0, 0.05) is 24.6 Å². The van der Waals surface area contributed by atoms with Gasteiger partial charge in [0.25, 0.3) is 0 Å². The Kier molecular flexibility index (Phi) is 1.24. The molecule has 1 aromatic rings. The van der Waals surface area contributed by atoms with E-state index in [0.717, 1.165) is 18.7 Å². The van der Waals surface area contributed by atoms with Crippen LogP contribution in [0.5, 0.6) is 0 Å². The first-order valence-corrected chi connectivity index (χ1v) is 3.52. The van der Waals surface area contributed by atoms with Gasteiger partial charge in [-0.1, -0.05) is 5.16 Å². The Morgan fingerprint density at radius 1 is 1.80 bits per heavy atom. The van der Waals surface area contributed by atoms with E-state index < -0.39 is 0 Å². The fourth-order valence-electron chi connectivity index (χ4n) is 1.24. The van der Waals surface area contributed by atoms with Crippen LogP contribution in [0.4, 0.5) is 0 Å². The van der Waals surface area contributed by atoms with Crippen LogP contribution >= 0.6 is 0 Å². The van der Waals surface area contributed by atoms with Gasteiger partial charge in [0.05, 0.1) is 5.69 Å². The maximum atomic E-state index is 4.83. The molecule has 0 aliphatic carbocycles. The second-order valence-corrected chi connectivity index (χ2v) is 2.77. The van der Waals surface area contributed by atoms with Crippen molar-refractivity contribution in [2.75, 3.05) is 0 Å². The molecule has 1 N–H and O–H groups in total. The van der Waals surface area contributed by atoms with Gasteiger partial charge in [0.2, 0.25) is 0 Å². The molecule has 1 atom stereocenters. The molecule has 0 bridgehead atoms. The van der Waals surface area contributed by atoms with Gasteiger partial charge in [-0.25, -0.2) is 0 Å². The predicted molar refractivity (Wildman–Crippen MR) is 36.5 cm³/mol. The minimum Gasteiger partial charge on any atom is -0.364 e. The van der Waals surface area contributed by atoms with Gasteiger partial charge in [0.15, 0.2) is 0 Å². The predicted octanol–water partition coefficient (Wildman–Crippen LogP) is 0.709. The number of nitrogens with one attached hydrogen (secondary N) is 1. The summed E-state index contributed by atoms with van der Waals surface area (Å²) in [4.78, 5) is 0. The molecule has 0 saturated carbocycles. The lowest BCUT2D eigenvalue weighted by Gasteiger charge is -2.17. The molecule has 0 saturated heterocycles. The van der Waals surface area contributed by atoms with Crippen molar-refractivity contribution in [2.24, 2.45) is 0 Å². The summed E-state index contributed by atoms with van der Waals surface area (Å²) in [5, 5.41) is 7.22. The highest BCUT2D eigenvalue weighted by Crippen LogP contribution is 2.13. The van der Waals surface area contributed by atoms with Crippen LogP contribution in [-0.4, -0.2) is 11.2 Å². The van der Waals surface area contributed by atoms with Crippen LogP contribution in [0.2, 0.25) is 0 Å². The molecule has 0 radical (unpaired) electrons. The number of nitrogens with zero attached hydrogens (tertiary/aromatic N) is 1. The lowest BCUT2D eigenvalue weighted by atomic mass is 10.1. The van der Waals surface area contributed by atoms with Crippen molar-refractivity contribution in [1.82, 2.24) is 10.5 Å². The summed E-state index contributed by atoms with van der Waals surface area (Å²) in [7, 11) is 0. The average molecular weight is 138 g/mol. The Balaban J connectivity index is 2.30. The zero-order valence-corrected chi connectivity index (χ0v) is 5.92. The molecule has 0 fully saturated rings. The first kappa shape index (κ1) is 5.92. The molecule has 3 heteroatoms. The molecule has 54 valence electrons. The van der Waals surface area contributed by atoms with Crippen LogP contribution in [-0.2, 0) is 13.0 Å². The fourth-order valence-corrected chi connectivity index (χ4v) is 1.24. The van der Waals surface area contributed by atoms with Crippen molar-refractivity contribution in [2.45, 2.75) is 25.9 Å². The van der Waals surface area contributed by atoms with Crippen molar-refractivity contribution in [3.05, 3.63) is 17.5 Å². The van der Waals surface area contributed by atoms with E-state index >= 15 is 0 Å². The first-order chi connectivity index (χ1) is 4.86. The smallest absolute Gasteiger partial charge is 0.128 e. The lowest BCUT2D eigenvalue weighted by Crippen LogP contribution is -2.32. The van der Waals surface area contributed by atoms with Crippen LogP contribution in [0.15, 0.2) is 10.8 Å². The monoisotopic (exact) mass is 138 g/mol. The quantitative estimate of drug-likeness (QED) is 0.573. The molecule has 0 aromatic carbocycles. The Bertz CT molecular complexity index is 231. The lowest BCUT2D eigenvalue weighted by molar-refractivity contribution is 0.408. The minimum absolute atomic E-state index is 0.539. The summed E-state index contributed by atoms with van der Waals surface area (Å²) in [6, 6.07) is 0.539. The van der Waals surface area contributed by atoms with E-state index in [9.17, 15) is 0 Å². The van der Waals surface area contributed by atoms with Crippen LogP contribution in [0.25, 0.3) is 0 Å². The van der Waals surface area contributed by atoms with Crippen LogP contribution in [0, 0.1) is 0 Å². The van der Waals surface area contributed by atoms with Crippen molar-refractivity contribution < 1.29 is 4.52 Å². The van der Waals surface area contributed by atoms with Gasteiger partial charge in [-0.05, 0) is 6.92 Å². The Hall–Kier alpha value is -0.830. The summed E-state index contributed by atoms with van der Waals surface area (Å²) >= 11 is 0. The van der Waals surface area contributed by atoms with E-state index in [0.29, 0.717) is 6.04 Å². The van der Waals surface area contributed by atoms with E-state index in [4.69, 9.17) is 4.52 Å². The average Bonchev–Trinajstić information content (AvgIpc) is 2.33. The summed E-state index contributed by atoms with van der Waals surface area (Å²) in [6.07, 6.45) is 2.71. The minimum atomic E-state index is 0.539. The highest BCUT2D eigenvalue weighted by atomic mass is 16.5. The molecule has 2 rings (SSSR count). The second-order valence-electron chi connectivity index (χ2n) is 2.77. The number of hydrogen-bond donors (Lipinski definition) is 1. The van der Waals surface area contributed by atoms with E-state index in [2.05, 4.69) is 17.4 Å². The molecule has 1 aromatic heterocycles. The zero-order valence-electron chi connectivity index (χ0n) is 5.92. The van der Waals surface area contributed by atoms with Gasteiger partial charge < -0.3 is 9.84 Å². The van der Waals surface area contributed by atoms with Crippen LogP contribution < -0.4 is 5.32 Å². The Labute approximate surface area is 59.4 Å². The molecule has 0 unspecified atom stereocenters. The largest absolute Gasteiger partial charge is 0.364 e. The van der Waals surface area contributed by atoms with E-state index in [1.807, 2.05) is 0 Å². The Morgan fingerprint density at radius 3 is 3.60 bits per heavy atom. The number of rotatable bonds is 0. The maximum Gasteiger partial charge on any atom is 0.128 e. The fraction of sp³-hybridized carbons (Fsp3) is 0.571. The molecular weight excluding hydrogens is 128 g/mol. The molecule has 3 nitrogen and oxygen atoms in total. The molecule has 0 spiro atoms. The van der Waals surface area contributed by atoms with Gasteiger partial charge in [0.1, 0.15) is 6.26 Å². The van der Waals surface area contributed by atoms with E-state index in [1.54, 1.807) is 6.26 Å². The molecule has 1 aliphatic heterocycles. The number of fused-ring (bicyclic) bond motifs is 1. The molecule has 2 heterocycles. The second kappa shape index (κ2) is 2.09. The number of hydrogen-bond acceptors (Lipinski definition) is 3. The molecule has 0 amide bonds. The van der Waals surface area contributed by atoms with Crippen molar-refractivity contribution in [3.63, 3.8) is 0 Å². The maximum absolute atomic E-state index is 4.83. The van der Waals surface area contributed by atoms with Gasteiger partial charge >= 0.3 is 0 Å². The van der Waals surface area contributed by atoms with E-state index in [-0.39, 0.29) is 0 Å². The van der Waals surface area contributed by atoms with Crippen molar-refractivity contribution in [3.8, 4) is 0 Å². The Morgan fingerprint density at radius 2 is 2.70 bits per heavy atom. The molecular formula is C7H10N2O. The third-order valence-corrected chi connectivity index (χ3v) is 1.87. The molecule has 1 aliphatic rings. The third kappa shape index (κ3) is 0.827. The van der Waals surface area contributed by atoms with Gasteiger partial charge in [-0.15, -0.1) is 0 Å². The highest BCUT2D eigenvalue weighted by molar-refractivity contribution is 5.18. The van der Waals surface area contributed by atoms with Crippen molar-refractivity contribution >= 4 is 0 Å². The summed E-state index contributed by atoms with van der Waals surface area (Å²) < 4.78 is 4.83.